The Balaban J connectivity index is 1.53. The summed E-state index contributed by atoms with van der Waals surface area (Å²) in [4.78, 5) is 31.7. The summed E-state index contributed by atoms with van der Waals surface area (Å²) >= 11 is 0. The largest absolute Gasteiger partial charge is 0.573 e. The lowest BCUT2D eigenvalue weighted by Crippen LogP contribution is -2.32. The monoisotopic (exact) mass is 509 g/mol. The number of carbonyl (C=O) groups is 1. The molecule has 190 valence electrons. The molecule has 0 saturated heterocycles. The highest BCUT2D eigenvalue weighted by molar-refractivity contribution is 5.92. The summed E-state index contributed by atoms with van der Waals surface area (Å²) in [5.74, 6) is -3.44. The number of halogens is 5. The number of aromatic nitrogens is 2. The molecule has 1 saturated carbocycles. The summed E-state index contributed by atoms with van der Waals surface area (Å²) in [5, 5.41) is 2.69. The van der Waals surface area contributed by atoms with E-state index in [1.165, 1.54) is 25.3 Å². The number of aromatic amines is 1. The zero-order chi connectivity index (χ0) is 26.0. The number of hydrogen-bond acceptors (Lipinski definition) is 5. The van der Waals surface area contributed by atoms with Crippen molar-refractivity contribution in [2.24, 2.45) is 5.92 Å². The van der Waals surface area contributed by atoms with Gasteiger partial charge in [-0.25, -0.2) is 13.8 Å². The number of carbonyl (C=O) groups excluding carboxylic acids is 1. The fraction of sp³-hybridized carbons (Fsp3) is 0.292. The topological polar surface area (TPSA) is 93.3 Å². The van der Waals surface area contributed by atoms with Gasteiger partial charge in [0.1, 0.15) is 11.5 Å². The Morgan fingerprint density at radius 2 is 1.81 bits per heavy atom. The minimum atomic E-state index is -5.05. The molecule has 2 N–H and O–H groups in total. The van der Waals surface area contributed by atoms with E-state index >= 15 is 0 Å². The minimum absolute atomic E-state index is 0.0230. The van der Waals surface area contributed by atoms with Crippen molar-refractivity contribution in [1.82, 2.24) is 15.3 Å². The van der Waals surface area contributed by atoms with Gasteiger partial charge in [0.25, 0.3) is 11.5 Å². The first-order valence-electron chi connectivity index (χ1n) is 10.8. The Bertz CT molecular complexity index is 1340. The molecule has 1 heterocycles. The molecule has 0 aliphatic heterocycles. The second kappa shape index (κ2) is 9.96. The van der Waals surface area contributed by atoms with E-state index in [2.05, 4.69) is 20.0 Å². The number of rotatable bonds is 8. The predicted octanol–water partition coefficient (Wildman–Crippen LogP) is 4.43. The second-order valence-corrected chi connectivity index (χ2v) is 8.25. The first kappa shape index (κ1) is 25.1. The van der Waals surface area contributed by atoms with Crippen molar-refractivity contribution in [2.45, 2.75) is 31.7 Å². The number of nitrogens with one attached hydrogen (secondary N) is 2. The third-order valence-electron chi connectivity index (χ3n) is 5.53. The number of benzene rings is 2. The van der Waals surface area contributed by atoms with Crippen LogP contribution < -0.4 is 20.3 Å². The first-order chi connectivity index (χ1) is 17.0. The van der Waals surface area contributed by atoms with Gasteiger partial charge in [-0.05, 0) is 54.2 Å². The number of H-pyrrole nitrogens is 1. The second-order valence-electron chi connectivity index (χ2n) is 8.25. The lowest BCUT2D eigenvalue weighted by molar-refractivity contribution is -0.275. The molecule has 1 fully saturated rings. The summed E-state index contributed by atoms with van der Waals surface area (Å²) in [5.41, 5.74) is -0.106. The van der Waals surface area contributed by atoms with Gasteiger partial charge in [0.2, 0.25) is 0 Å². The van der Waals surface area contributed by atoms with Crippen LogP contribution in [0.2, 0.25) is 0 Å². The van der Waals surface area contributed by atoms with Crippen LogP contribution in [-0.2, 0) is 6.42 Å². The highest BCUT2D eigenvalue weighted by Crippen LogP contribution is 2.42. The Labute approximate surface area is 201 Å². The zero-order valence-corrected chi connectivity index (χ0v) is 18.8. The average Bonchev–Trinajstić information content (AvgIpc) is 3.63. The van der Waals surface area contributed by atoms with E-state index in [4.69, 9.17) is 4.74 Å². The summed E-state index contributed by atoms with van der Waals surface area (Å²) in [6.45, 7) is 0. The molecule has 1 aliphatic carbocycles. The maximum atomic E-state index is 14.2. The summed E-state index contributed by atoms with van der Waals surface area (Å²) in [7, 11) is 1.33. The maximum absolute atomic E-state index is 14.2. The van der Waals surface area contributed by atoms with Crippen LogP contribution in [0.5, 0.6) is 11.5 Å². The van der Waals surface area contributed by atoms with Crippen LogP contribution in [0.3, 0.4) is 0 Å². The maximum Gasteiger partial charge on any atom is 0.573 e. The van der Waals surface area contributed by atoms with Crippen molar-refractivity contribution < 1.29 is 36.2 Å². The van der Waals surface area contributed by atoms with Gasteiger partial charge < -0.3 is 19.8 Å². The number of hydrogen-bond donors (Lipinski definition) is 2. The molecule has 2 aromatic carbocycles. The lowest BCUT2D eigenvalue weighted by atomic mass is 10.0. The van der Waals surface area contributed by atoms with Gasteiger partial charge in [-0.1, -0.05) is 12.1 Å². The molecule has 36 heavy (non-hydrogen) atoms. The molecule has 0 bridgehead atoms. The molecule has 0 spiro atoms. The van der Waals surface area contributed by atoms with E-state index in [1.807, 2.05) is 0 Å². The third-order valence-corrected chi connectivity index (χ3v) is 5.53. The van der Waals surface area contributed by atoms with Gasteiger partial charge in [0.05, 0.1) is 13.2 Å². The van der Waals surface area contributed by atoms with Gasteiger partial charge in [0.15, 0.2) is 23.1 Å². The number of nitrogens with zero attached hydrogens (tertiary/aromatic N) is 1. The van der Waals surface area contributed by atoms with Crippen LogP contribution in [0, 0.1) is 17.6 Å². The fourth-order valence-corrected chi connectivity index (χ4v) is 3.76. The Hall–Kier alpha value is -3.96. The van der Waals surface area contributed by atoms with Crippen molar-refractivity contribution in [3.05, 3.63) is 87.1 Å². The van der Waals surface area contributed by atoms with Crippen molar-refractivity contribution in [1.29, 1.82) is 0 Å². The number of alkyl halides is 3. The molecule has 1 amide bonds. The molecule has 4 rings (SSSR count). The van der Waals surface area contributed by atoms with E-state index < -0.39 is 41.3 Å². The van der Waals surface area contributed by atoms with Crippen molar-refractivity contribution in [3.63, 3.8) is 0 Å². The summed E-state index contributed by atoms with van der Waals surface area (Å²) in [6.07, 6.45) is -3.60. The predicted molar refractivity (Wildman–Crippen MR) is 117 cm³/mol. The normalized spacial score (nSPS) is 14.3. The minimum Gasteiger partial charge on any atom is -0.494 e. The van der Waals surface area contributed by atoms with Crippen LogP contribution >= 0.6 is 0 Å². The molecule has 3 aromatic rings. The van der Waals surface area contributed by atoms with Crippen molar-refractivity contribution in [3.8, 4) is 11.5 Å². The summed E-state index contributed by atoms with van der Waals surface area (Å²) in [6, 6.07) is 7.45. The van der Waals surface area contributed by atoms with Crippen LogP contribution in [-0.4, -0.2) is 29.3 Å². The molecule has 0 radical (unpaired) electrons. The highest BCUT2D eigenvalue weighted by Gasteiger charge is 2.36. The molecule has 1 unspecified atom stereocenters. The Morgan fingerprint density at radius 3 is 2.42 bits per heavy atom. The van der Waals surface area contributed by atoms with Gasteiger partial charge in [0, 0.05) is 12.5 Å². The first-order valence-corrected chi connectivity index (χ1v) is 10.8. The molecular formula is C24H20F5N3O4. The Kier molecular flexibility index (Phi) is 6.95. The van der Waals surface area contributed by atoms with Crippen LogP contribution in [0.25, 0.3) is 0 Å². The third kappa shape index (κ3) is 6.18. The van der Waals surface area contributed by atoms with Gasteiger partial charge in [-0.15, -0.1) is 13.2 Å². The van der Waals surface area contributed by atoms with E-state index in [0.717, 1.165) is 18.2 Å². The van der Waals surface area contributed by atoms with E-state index in [-0.39, 0.29) is 35.2 Å². The highest BCUT2D eigenvalue weighted by atomic mass is 19.4. The fourth-order valence-electron chi connectivity index (χ4n) is 3.76. The SMILES string of the molecule is COc1ccc(Cc2nc(C(=O)NC(c3ccc(OC(F)(F)F)c(F)c3)C3CC3)cc(=O)[nH]2)cc1F. The van der Waals surface area contributed by atoms with Crippen LogP contribution in [0.4, 0.5) is 22.0 Å². The van der Waals surface area contributed by atoms with E-state index in [1.54, 1.807) is 6.07 Å². The lowest BCUT2D eigenvalue weighted by Gasteiger charge is -2.20. The van der Waals surface area contributed by atoms with Crippen molar-refractivity contribution >= 4 is 5.91 Å². The van der Waals surface area contributed by atoms with E-state index in [9.17, 15) is 31.5 Å². The molecule has 12 heteroatoms. The van der Waals surface area contributed by atoms with Crippen LogP contribution in [0.15, 0.2) is 47.3 Å². The quantitative estimate of drug-likeness (QED) is 0.439. The molecular weight excluding hydrogens is 489 g/mol. The van der Waals surface area contributed by atoms with Gasteiger partial charge in [-0.3, -0.25) is 9.59 Å². The molecule has 1 aromatic heterocycles. The standard InChI is InChI=1S/C24H20F5N3O4/c1-35-18-6-2-12(8-15(18)25)9-20-30-17(11-21(33)31-20)23(34)32-22(13-3-4-13)14-5-7-19(16(26)10-14)36-24(27,28)29/h2,5-8,10-11,13,22H,3-4,9H2,1H3,(H,32,34)(H,30,31,33). The number of ether oxygens (including phenoxy) is 2. The summed E-state index contributed by atoms with van der Waals surface area (Å²) < 4.78 is 74.0. The van der Waals surface area contributed by atoms with E-state index in [0.29, 0.717) is 18.4 Å². The average molecular weight is 509 g/mol. The van der Waals surface area contributed by atoms with Gasteiger partial charge in [-0.2, -0.15) is 0 Å². The smallest absolute Gasteiger partial charge is 0.494 e. The molecule has 1 aliphatic rings. The Morgan fingerprint density at radius 1 is 1.11 bits per heavy atom. The molecule has 1 atom stereocenters. The zero-order valence-electron chi connectivity index (χ0n) is 18.8. The number of amides is 1. The van der Waals surface area contributed by atoms with Gasteiger partial charge >= 0.3 is 6.36 Å². The number of methoxy groups -OCH3 is 1. The van der Waals surface area contributed by atoms with Crippen molar-refractivity contribution in [2.75, 3.05) is 7.11 Å². The van der Waals surface area contributed by atoms with Crippen LogP contribution in [0.1, 0.15) is 46.3 Å². The molecule has 7 nitrogen and oxygen atoms in total.